The van der Waals surface area contributed by atoms with Crippen LogP contribution >= 0.6 is 11.3 Å². The summed E-state index contributed by atoms with van der Waals surface area (Å²) in [7, 11) is -3.96. The summed E-state index contributed by atoms with van der Waals surface area (Å²) in [6.07, 6.45) is 4.46. The Labute approximate surface area is 268 Å². The molecule has 45 heavy (non-hydrogen) atoms. The Morgan fingerprint density at radius 1 is 1.04 bits per heavy atom. The maximum Gasteiger partial charge on any atom is 0.407 e. The smallest absolute Gasteiger partial charge is 0.407 e. The van der Waals surface area contributed by atoms with E-state index in [1.54, 1.807) is 39.1 Å². The highest BCUT2D eigenvalue weighted by molar-refractivity contribution is 7.89. The lowest BCUT2D eigenvalue weighted by Gasteiger charge is -2.30. The zero-order valence-electron chi connectivity index (χ0n) is 26.0. The molecule has 1 aromatic heterocycles. The van der Waals surface area contributed by atoms with Gasteiger partial charge in [-0.05, 0) is 71.1 Å². The fraction of sp³-hybridized carbons (Fsp3) is 0.469. The Bertz CT molecular complexity index is 1590. The first-order valence-electron chi connectivity index (χ1n) is 15.2. The first-order valence-corrected chi connectivity index (χ1v) is 17.5. The van der Waals surface area contributed by atoms with Crippen molar-refractivity contribution in [1.82, 2.24) is 20.3 Å². The molecule has 1 atom stereocenters. The van der Waals surface area contributed by atoms with E-state index in [1.165, 1.54) is 17.4 Å². The summed E-state index contributed by atoms with van der Waals surface area (Å²) in [4.78, 5) is 30.4. The molecule has 1 aliphatic heterocycles. The van der Waals surface area contributed by atoms with Gasteiger partial charge in [-0.15, -0.1) is 11.3 Å². The van der Waals surface area contributed by atoms with E-state index in [2.05, 4.69) is 25.7 Å². The zero-order valence-corrected chi connectivity index (χ0v) is 27.6. The molecule has 2 fully saturated rings. The van der Waals surface area contributed by atoms with E-state index in [1.807, 2.05) is 37.3 Å². The summed E-state index contributed by atoms with van der Waals surface area (Å²) in [6.45, 7) is 8.12. The Morgan fingerprint density at radius 3 is 2.40 bits per heavy atom. The molecule has 11 nitrogen and oxygen atoms in total. The Morgan fingerprint density at radius 2 is 1.76 bits per heavy atom. The van der Waals surface area contributed by atoms with Gasteiger partial charge >= 0.3 is 12.1 Å². The van der Waals surface area contributed by atoms with Crippen LogP contribution in [0.3, 0.4) is 0 Å². The van der Waals surface area contributed by atoms with Crippen LogP contribution in [-0.4, -0.2) is 56.4 Å². The van der Waals surface area contributed by atoms with Crippen molar-refractivity contribution in [3.8, 4) is 10.4 Å². The second-order valence-corrected chi connectivity index (χ2v) is 15.3. The van der Waals surface area contributed by atoms with E-state index in [0.29, 0.717) is 24.5 Å². The number of hydrogen-bond acceptors (Lipinski definition) is 8. The monoisotopic (exact) mass is 655 g/mol. The van der Waals surface area contributed by atoms with Crippen LogP contribution in [0.2, 0.25) is 0 Å². The number of amides is 3. The largest absolute Gasteiger partial charge is 0.441 e. The second-order valence-electron chi connectivity index (χ2n) is 12.6. The van der Waals surface area contributed by atoms with Gasteiger partial charge in [-0.1, -0.05) is 36.4 Å². The number of nitrogens with zero attached hydrogens (tertiary/aromatic N) is 1. The predicted octanol–water partition coefficient (Wildman–Crippen LogP) is 5.92. The summed E-state index contributed by atoms with van der Waals surface area (Å²) >= 11 is 1.47. The fourth-order valence-corrected chi connectivity index (χ4v) is 8.25. The molecule has 2 aromatic carbocycles. The topological polar surface area (TPSA) is 148 Å². The highest BCUT2D eigenvalue weighted by Crippen LogP contribution is 2.40. The van der Waals surface area contributed by atoms with Gasteiger partial charge in [0.05, 0.1) is 34.0 Å². The van der Waals surface area contributed by atoms with Gasteiger partial charge in [0.1, 0.15) is 0 Å². The van der Waals surface area contributed by atoms with E-state index in [4.69, 9.17) is 9.47 Å². The normalized spacial score (nSPS) is 19.6. The minimum atomic E-state index is -3.96. The molecule has 2 aliphatic rings. The molecule has 5 rings (SSSR count). The fourth-order valence-electron chi connectivity index (χ4n) is 5.39. The van der Waals surface area contributed by atoms with Gasteiger partial charge in [-0.25, -0.2) is 27.7 Å². The lowest BCUT2D eigenvalue weighted by Crippen LogP contribution is -2.44. The minimum absolute atomic E-state index is 0.0438. The van der Waals surface area contributed by atoms with Gasteiger partial charge in [-0.3, -0.25) is 0 Å². The van der Waals surface area contributed by atoms with E-state index in [-0.39, 0.29) is 29.0 Å². The molecule has 0 bridgehead atoms. The number of alkyl carbamates (subject to hydrolysis) is 1. The van der Waals surface area contributed by atoms with E-state index in [9.17, 15) is 18.0 Å². The summed E-state index contributed by atoms with van der Waals surface area (Å²) in [6, 6.07) is 13.8. The lowest BCUT2D eigenvalue weighted by molar-refractivity contribution is -0.0985. The van der Waals surface area contributed by atoms with Crippen molar-refractivity contribution < 1.29 is 27.5 Å². The third-order valence-corrected chi connectivity index (χ3v) is 10.7. The third kappa shape index (κ3) is 8.81. The van der Waals surface area contributed by atoms with Gasteiger partial charge in [0, 0.05) is 34.9 Å². The summed E-state index contributed by atoms with van der Waals surface area (Å²) < 4.78 is 40.4. The van der Waals surface area contributed by atoms with Gasteiger partial charge in [0.2, 0.25) is 10.0 Å². The van der Waals surface area contributed by atoms with Crippen molar-refractivity contribution in [2.45, 2.75) is 87.9 Å². The number of ether oxygens (including phenoxy) is 2. The van der Waals surface area contributed by atoms with Crippen LogP contribution in [0.25, 0.3) is 10.4 Å². The molecule has 2 heterocycles. The number of benzene rings is 2. The van der Waals surface area contributed by atoms with Crippen LogP contribution in [0.15, 0.2) is 59.6 Å². The molecule has 0 spiro atoms. The molecule has 242 valence electrons. The van der Waals surface area contributed by atoms with Gasteiger partial charge in [0.15, 0.2) is 6.10 Å². The van der Waals surface area contributed by atoms with Crippen molar-refractivity contribution >= 4 is 39.2 Å². The Balaban J connectivity index is 1.29. The highest BCUT2D eigenvalue weighted by atomic mass is 32.2. The van der Waals surface area contributed by atoms with Gasteiger partial charge < -0.3 is 25.4 Å². The SMILES string of the molecule is C[C@@H](NC(=O)Nc1ccc(-c2cnc([C@H]3CC[C@H](NC(=O)OC4COC4)CC3)s2)c(S(=O)(=O)NC(C)(C)C)c1)c1ccccc1. The van der Waals surface area contributed by atoms with Crippen LogP contribution in [0, 0.1) is 0 Å². The van der Waals surface area contributed by atoms with Crippen LogP contribution in [0.5, 0.6) is 0 Å². The molecular formula is C32H41N5O6S2. The molecule has 4 N–H and O–H groups in total. The standard InChI is InChI=1S/C32H41N5O6S2/c1-20(21-8-6-5-7-9-21)34-30(38)35-24-14-15-26(28(16-24)45(40,41)37-32(2,3)4)27-17-33-29(44-27)22-10-12-23(13-11-22)36-31(39)43-25-18-42-19-25/h5-9,14-17,20,22-23,25,37H,10-13,18-19H2,1-4H3,(H,36,39)(H2,34,35,38)/t20-,22-,23-/m1/s1. The van der Waals surface area contributed by atoms with E-state index < -0.39 is 27.7 Å². The summed E-state index contributed by atoms with van der Waals surface area (Å²) in [5.74, 6) is 0.210. The van der Waals surface area contributed by atoms with Crippen molar-refractivity contribution in [1.29, 1.82) is 0 Å². The number of hydrogen-bond donors (Lipinski definition) is 4. The predicted molar refractivity (Wildman–Crippen MR) is 174 cm³/mol. The number of nitrogens with one attached hydrogen (secondary N) is 4. The van der Waals surface area contributed by atoms with Crippen LogP contribution in [0.4, 0.5) is 15.3 Å². The van der Waals surface area contributed by atoms with Crippen molar-refractivity contribution in [2.75, 3.05) is 18.5 Å². The molecule has 3 amide bonds. The molecule has 13 heteroatoms. The van der Waals surface area contributed by atoms with E-state index >= 15 is 0 Å². The van der Waals surface area contributed by atoms with Gasteiger partial charge in [-0.2, -0.15) is 0 Å². The van der Waals surface area contributed by atoms with Gasteiger partial charge in [0.25, 0.3) is 0 Å². The zero-order chi connectivity index (χ0) is 32.2. The maximum atomic E-state index is 13.7. The number of thiazole rings is 1. The highest BCUT2D eigenvalue weighted by Gasteiger charge is 2.30. The molecule has 1 saturated carbocycles. The first-order chi connectivity index (χ1) is 21.4. The number of aromatic nitrogens is 1. The molecule has 0 unspecified atom stereocenters. The molecule has 0 radical (unpaired) electrons. The molecular weight excluding hydrogens is 615 g/mol. The number of anilines is 1. The number of carbonyl (C=O) groups excluding carboxylic acids is 2. The minimum Gasteiger partial charge on any atom is -0.441 e. The molecule has 1 saturated heterocycles. The summed E-state index contributed by atoms with van der Waals surface area (Å²) in [5, 5.41) is 9.57. The molecule has 1 aliphatic carbocycles. The number of carbonyl (C=O) groups is 2. The van der Waals surface area contributed by atoms with E-state index in [0.717, 1.165) is 41.1 Å². The van der Waals surface area contributed by atoms with Crippen molar-refractivity contribution in [2.24, 2.45) is 0 Å². The first kappa shape index (κ1) is 32.9. The third-order valence-electron chi connectivity index (χ3n) is 7.69. The van der Waals surface area contributed by atoms with Crippen molar-refractivity contribution in [3.05, 3.63) is 65.3 Å². The summed E-state index contributed by atoms with van der Waals surface area (Å²) in [5.41, 5.74) is 1.10. The number of sulfonamides is 1. The average molecular weight is 656 g/mol. The lowest BCUT2D eigenvalue weighted by atomic mass is 9.86. The molecule has 3 aromatic rings. The van der Waals surface area contributed by atoms with Crippen LogP contribution in [0.1, 0.15) is 75.9 Å². The number of rotatable bonds is 9. The van der Waals surface area contributed by atoms with Crippen LogP contribution < -0.4 is 20.7 Å². The second kappa shape index (κ2) is 13.9. The van der Waals surface area contributed by atoms with Crippen LogP contribution in [-0.2, 0) is 19.5 Å². The maximum absolute atomic E-state index is 13.7. The van der Waals surface area contributed by atoms with Crippen molar-refractivity contribution in [3.63, 3.8) is 0 Å². The number of urea groups is 1. The average Bonchev–Trinajstić information content (AvgIpc) is 3.45. The quantitative estimate of drug-likeness (QED) is 0.224. The Kier molecular flexibility index (Phi) is 10.1. The Hall–Kier alpha value is -3.52.